The molecule has 0 unspecified atom stereocenters. The monoisotopic (exact) mass is 545 g/mol. The van der Waals surface area contributed by atoms with E-state index in [1.54, 1.807) is 35.4 Å². The van der Waals surface area contributed by atoms with E-state index >= 15 is 0 Å². The van der Waals surface area contributed by atoms with Crippen LogP contribution in [0.4, 0.5) is 0 Å². The molecule has 0 saturated heterocycles. The average molecular weight is 546 g/mol. The third-order valence-electron chi connectivity index (χ3n) is 6.08. The van der Waals surface area contributed by atoms with Crippen molar-refractivity contribution in [2.45, 2.75) is 13.2 Å². The minimum atomic E-state index is -0.479. The summed E-state index contributed by atoms with van der Waals surface area (Å²) in [6.07, 6.45) is 6.69. The number of carbonyl (C=O) groups excluding carboxylic acids is 1. The van der Waals surface area contributed by atoms with Gasteiger partial charge in [-0.15, -0.1) is 0 Å². The molecule has 2 heterocycles. The molecule has 0 bridgehead atoms. The number of nitriles is 1. The van der Waals surface area contributed by atoms with Gasteiger partial charge in [-0.2, -0.15) is 10.4 Å². The molecular weight excluding hydrogens is 522 g/mol. The number of pyridine rings is 1. The highest BCUT2D eigenvalue weighted by Crippen LogP contribution is 2.28. The van der Waals surface area contributed by atoms with Crippen molar-refractivity contribution in [2.75, 3.05) is 0 Å². The van der Waals surface area contributed by atoms with Crippen LogP contribution in [0.25, 0.3) is 23.0 Å². The summed E-state index contributed by atoms with van der Waals surface area (Å²) >= 11 is 6.24. The number of para-hydroxylation sites is 1. The van der Waals surface area contributed by atoms with Crippen molar-refractivity contribution in [3.63, 3.8) is 0 Å². The Labute approximate surface area is 237 Å². The summed E-state index contributed by atoms with van der Waals surface area (Å²) < 4.78 is 7.65. The van der Waals surface area contributed by atoms with E-state index < -0.39 is 5.91 Å². The van der Waals surface area contributed by atoms with E-state index in [2.05, 4.69) is 10.3 Å². The van der Waals surface area contributed by atoms with Crippen LogP contribution in [-0.4, -0.2) is 20.7 Å². The number of halogens is 1. The van der Waals surface area contributed by atoms with Crippen LogP contribution >= 0.6 is 11.6 Å². The van der Waals surface area contributed by atoms with E-state index in [9.17, 15) is 10.1 Å². The summed E-state index contributed by atoms with van der Waals surface area (Å²) in [7, 11) is 0. The van der Waals surface area contributed by atoms with Gasteiger partial charge >= 0.3 is 0 Å². The Balaban J connectivity index is 1.41. The van der Waals surface area contributed by atoms with Crippen molar-refractivity contribution >= 4 is 23.6 Å². The molecule has 0 aliphatic heterocycles. The lowest BCUT2D eigenvalue weighted by Gasteiger charge is -2.08. The molecule has 2 aromatic heterocycles. The Bertz CT molecular complexity index is 1670. The fourth-order valence-electron chi connectivity index (χ4n) is 4.00. The van der Waals surface area contributed by atoms with Crippen molar-refractivity contribution in [1.82, 2.24) is 20.1 Å². The van der Waals surface area contributed by atoms with Crippen LogP contribution < -0.4 is 10.1 Å². The molecular formula is C32H24ClN5O2. The smallest absolute Gasteiger partial charge is 0.262 e. The first-order chi connectivity index (χ1) is 19.6. The molecule has 7 nitrogen and oxygen atoms in total. The standard InChI is InChI=1S/C32H24ClN5O2/c33-30-11-5-4-8-25(30)22-40-29-14-12-24(13-15-29)31-27(21-38(37-31)28-9-2-1-3-10-28)17-26(18-34)32(39)36-20-23-7-6-16-35-19-23/h1-17,19,21H,20,22H2,(H,36,39). The minimum Gasteiger partial charge on any atom is -0.489 e. The maximum Gasteiger partial charge on any atom is 0.262 e. The molecule has 8 heteroatoms. The molecule has 40 heavy (non-hydrogen) atoms. The molecule has 0 saturated carbocycles. The van der Waals surface area contributed by atoms with Crippen LogP contribution in [0.5, 0.6) is 5.75 Å². The summed E-state index contributed by atoms with van der Waals surface area (Å²) in [5, 5.41) is 18.0. The predicted molar refractivity (Wildman–Crippen MR) is 154 cm³/mol. The zero-order chi connectivity index (χ0) is 27.7. The van der Waals surface area contributed by atoms with Crippen molar-refractivity contribution in [3.05, 3.63) is 137 Å². The molecule has 0 aliphatic rings. The Morgan fingerprint density at radius 1 is 1.00 bits per heavy atom. The lowest BCUT2D eigenvalue weighted by Crippen LogP contribution is -2.24. The second-order valence-corrected chi connectivity index (χ2v) is 9.24. The highest BCUT2D eigenvalue weighted by molar-refractivity contribution is 6.31. The first-order valence-corrected chi connectivity index (χ1v) is 12.9. The number of hydrogen-bond donors (Lipinski definition) is 1. The predicted octanol–water partition coefficient (Wildman–Crippen LogP) is 6.39. The normalized spacial score (nSPS) is 11.1. The summed E-state index contributed by atoms with van der Waals surface area (Å²) in [4.78, 5) is 16.9. The Hall–Kier alpha value is -5.19. The van der Waals surface area contributed by atoms with E-state index in [0.29, 0.717) is 28.6 Å². The maximum atomic E-state index is 12.9. The van der Waals surface area contributed by atoms with E-state index in [0.717, 1.165) is 22.4 Å². The van der Waals surface area contributed by atoms with Gasteiger partial charge in [-0.25, -0.2) is 4.68 Å². The second-order valence-electron chi connectivity index (χ2n) is 8.83. The van der Waals surface area contributed by atoms with E-state index in [-0.39, 0.29) is 12.1 Å². The average Bonchev–Trinajstić information content (AvgIpc) is 3.43. The number of hydrogen-bond acceptors (Lipinski definition) is 5. The summed E-state index contributed by atoms with van der Waals surface area (Å²) in [6.45, 7) is 0.604. The Kier molecular flexibility index (Phi) is 8.30. The van der Waals surface area contributed by atoms with Gasteiger partial charge in [0, 0.05) is 46.8 Å². The van der Waals surface area contributed by atoms with Crippen LogP contribution in [0.2, 0.25) is 5.02 Å². The number of carbonyl (C=O) groups is 1. The molecule has 0 spiro atoms. The fourth-order valence-corrected chi connectivity index (χ4v) is 4.19. The summed E-state index contributed by atoms with van der Waals surface area (Å²) in [5.74, 6) is 0.198. The molecule has 196 valence electrons. The number of ether oxygens (including phenoxy) is 1. The summed E-state index contributed by atoms with van der Waals surface area (Å²) in [6, 6.07) is 30.3. The van der Waals surface area contributed by atoms with E-state index in [4.69, 9.17) is 21.4 Å². The molecule has 1 amide bonds. The zero-order valence-corrected chi connectivity index (χ0v) is 22.1. The van der Waals surface area contributed by atoms with Crippen molar-refractivity contribution in [3.8, 4) is 28.8 Å². The van der Waals surface area contributed by atoms with Gasteiger partial charge in [0.2, 0.25) is 0 Å². The fraction of sp³-hybridized carbons (Fsp3) is 0.0625. The number of nitrogens with one attached hydrogen (secondary N) is 1. The van der Waals surface area contributed by atoms with E-state index in [1.165, 1.54) is 0 Å². The lowest BCUT2D eigenvalue weighted by atomic mass is 10.1. The minimum absolute atomic E-state index is 0.0301. The van der Waals surface area contributed by atoms with Gasteiger partial charge in [-0.1, -0.05) is 54.1 Å². The molecule has 0 atom stereocenters. The van der Waals surface area contributed by atoms with Gasteiger partial charge < -0.3 is 10.1 Å². The Morgan fingerprint density at radius 3 is 2.50 bits per heavy atom. The zero-order valence-electron chi connectivity index (χ0n) is 21.4. The van der Waals surface area contributed by atoms with Gasteiger partial charge in [-0.3, -0.25) is 9.78 Å². The highest BCUT2D eigenvalue weighted by atomic mass is 35.5. The van der Waals surface area contributed by atoms with Crippen molar-refractivity contribution < 1.29 is 9.53 Å². The van der Waals surface area contributed by atoms with Crippen LogP contribution in [0.3, 0.4) is 0 Å². The van der Waals surface area contributed by atoms with Gasteiger partial charge in [0.1, 0.15) is 24.0 Å². The third-order valence-corrected chi connectivity index (χ3v) is 6.45. The van der Waals surface area contributed by atoms with Gasteiger partial charge in [0.25, 0.3) is 5.91 Å². The van der Waals surface area contributed by atoms with Gasteiger partial charge in [0.05, 0.1) is 11.4 Å². The van der Waals surface area contributed by atoms with Crippen LogP contribution in [-0.2, 0) is 17.9 Å². The quantitative estimate of drug-likeness (QED) is 0.171. The number of nitrogens with zero attached hydrogens (tertiary/aromatic N) is 4. The number of aromatic nitrogens is 3. The number of benzene rings is 3. The molecule has 5 rings (SSSR count). The van der Waals surface area contributed by atoms with Crippen LogP contribution in [0.1, 0.15) is 16.7 Å². The first-order valence-electron chi connectivity index (χ1n) is 12.5. The van der Waals surface area contributed by atoms with Crippen molar-refractivity contribution in [1.29, 1.82) is 5.26 Å². The molecule has 0 radical (unpaired) electrons. The maximum absolute atomic E-state index is 12.9. The second kappa shape index (κ2) is 12.6. The van der Waals surface area contributed by atoms with Crippen LogP contribution in [0.15, 0.2) is 115 Å². The molecule has 5 aromatic rings. The molecule has 0 aliphatic carbocycles. The SMILES string of the molecule is N#CC(=Cc1cn(-c2ccccc2)nc1-c1ccc(OCc2ccccc2Cl)cc1)C(=O)NCc1cccnc1. The first kappa shape index (κ1) is 26.4. The largest absolute Gasteiger partial charge is 0.489 e. The third kappa shape index (κ3) is 6.44. The Morgan fingerprint density at radius 2 is 1.77 bits per heavy atom. The summed E-state index contributed by atoms with van der Waals surface area (Å²) in [5.41, 5.74) is 4.60. The van der Waals surface area contributed by atoms with Gasteiger partial charge in [0.15, 0.2) is 0 Å². The topological polar surface area (TPSA) is 92.8 Å². The van der Waals surface area contributed by atoms with Crippen molar-refractivity contribution in [2.24, 2.45) is 0 Å². The van der Waals surface area contributed by atoms with Gasteiger partial charge in [-0.05, 0) is 60.2 Å². The lowest BCUT2D eigenvalue weighted by molar-refractivity contribution is -0.117. The molecule has 3 aromatic carbocycles. The number of amides is 1. The van der Waals surface area contributed by atoms with E-state index in [1.807, 2.05) is 91.0 Å². The molecule has 1 N–H and O–H groups in total. The van der Waals surface area contributed by atoms with Crippen LogP contribution in [0, 0.1) is 11.3 Å². The molecule has 0 fully saturated rings. The highest BCUT2D eigenvalue weighted by Gasteiger charge is 2.15. The number of rotatable bonds is 9.